The van der Waals surface area contributed by atoms with E-state index in [2.05, 4.69) is 65.6 Å². The Morgan fingerprint density at radius 1 is 0.659 bits per heavy atom. The van der Waals surface area contributed by atoms with Gasteiger partial charge in [-0.1, -0.05) is 54.3 Å². The number of hydrogen-bond donors (Lipinski definition) is 0. The van der Waals surface area contributed by atoms with Gasteiger partial charge >= 0.3 is 99.8 Å². The molecule has 4 aromatic heterocycles. The van der Waals surface area contributed by atoms with Crippen LogP contribution in [-0.2, 0) is 20.1 Å². The molecule has 0 saturated carbocycles. The van der Waals surface area contributed by atoms with Crippen LogP contribution in [0.25, 0.3) is 66.4 Å². The molecule has 0 aliphatic carbocycles. The first kappa shape index (κ1) is 30.0. The molecule has 4 heterocycles. The summed E-state index contributed by atoms with van der Waals surface area (Å²) in [5, 5.41) is 4.33. The molecule has 0 aliphatic rings. The first-order chi connectivity index (χ1) is 20.9. The van der Waals surface area contributed by atoms with Crippen molar-refractivity contribution in [3.8, 4) is 22.5 Å². The molecule has 0 saturated heterocycles. The van der Waals surface area contributed by atoms with E-state index in [9.17, 15) is 0 Å². The number of aryl methyl sites for hydroxylation is 1. The van der Waals surface area contributed by atoms with Gasteiger partial charge in [-0.15, -0.1) is 17.7 Å². The van der Waals surface area contributed by atoms with Crippen LogP contribution in [0, 0.1) is 19.1 Å². The molecule has 0 atom stereocenters. The van der Waals surface area contributed by atoms with Crippen LogP contribution in [-0.4, -0.2) is 23.2 Å². The molecule has 4 nitrogen and oxygen atoms in total. The number of pyridine rings is 2. The van der Waals surface area contributed by atoms with Crippen molar-refractivity contribution in [3.05, 3.63) is 127 Å². The smallest absolute Gasteiger partial charge is 0 e. The molecular weight excluding hydrogens is 781 g/mol. The second-order valence-electron chi connectivity index (χ2n) is 11.8. The minimum atomic E-state index is -1.72. The molecule has 44 heavy (non-hydrogen) atoms. The molecule has 0 amide bonds. The van der Waals surface area contributed by atoms with Gasteiger partial charge in [0.05, 0.1) is 5.58 Å². The summed E-state index contributed by atoms with van der Waals surface area (Å²) in [5.74, 6) is 7.14. The third-order valence-electron chi connectivity index (χ3n) is 7.78. The largest absolute Gasteiger partial charge is 0 e. The maximum Gasteiger partial charge on any atom is 0 e. The van der Waals surface area contributed by atoms with Crippen molar-refractivity contribution in [2.45, 2.75) is 24.2 Å². The molecular formula is C38H30GeIrN2O2-2. The Hall–Kier alpha value is -4.03. The van der Waals surface area contributed by atoms with Crippen molar-refractivity contribution in [2.24, 2.45) is 0 Å². The number of rotatable bonds is 3. The first-order valence-corrected chi connectivity index (χ1v) is 21.7. The second-order valence-corrected chi connectivity index (χ2v) is 22.4. The molecule has 0 fully saturated rings. The maximum atomic E-state index is 6.19. The number of fused-ring (bicyclic) bond motifs is 6. The Labute approximate surface area is 272 Å². The SMILES string of the molecule is Cc1c[c-]c(-c2cc3oc4ccccc4c3cn2)c2oc3ccccc3c12.[CH3][Ge]([CH3])([CH3])[c]1ccc(-c2[c-]cccc2)nc1.[Ir]. The topological polar surface area (TPSA) is 52.1 Å². The molecule has 0 N–H and O–H groups in total. The van der Waals surface area contributed by atoms with Gasteiger partial charge in [-0.2, -0.15) is 0 Å². The Morgan fingerprint density at radius 2 is 1.36 bits per heavy atom. The minimum absolute atomic E-state index is 0. The van der Waals surface area contributed by atoms with E-state index < -0.39 is 13.3 Å². The Morgan fingerprint density at radius 3 is 2.07 bits per heavy atom. The molecule has 4 aromatic carbocycles. The molecule has 0 unspecified atom stereocenters. The van der Waals surface area contributed by atoms with E-state index in [-0.39, 0.29) is 20.1 Å². The maximum absolute atomic E-state index is 6.19. The fraction of sp³-hybridized carbons (Fsp3) is 0.105. The van der Waals surface area contributed by atoms with Crippen molar-refractivity contribution in [1.29, 1.82) is 0 Å². The van der Waals surface area contributed by atoms with Crippen LogP contribution in [0.3, 0.4) is 0 Å². The van der Waals surface area contributed by atoms with Crippen molar-refractivity contribution < 1.29 is 28.9 Å². The average Bonchev–Trinajstić information content (AvgIpc) is 3.61. The van der Waals surface area contributed by atoms with Gasteiger partial charge in [0.25, 0.3) is 0 Å². The van der Waals surface area contributed by atoms with E-state index >= 15 is 0 Å². The third-order valence-corrected chi connectivity index (χ3v) is 12.0. The van der Waals surface area contributed by atoms with Crippen molar-refractivity contribution in [2.75, 3.05) is 0 Å². The summed E-state index contributed by atoms with van der Waals surface area (Å²) in [4.78, 5) is 9.23. The molecule has 219 valence electrons. The quantitative estimate of drug-likeness (QED) is 0.132. The summed E-state index contributed by atoms with van der Waals surface area (Å²) in [7, 11) is 0. The number of para-hydroxylation sites is 2. The van der Waals surface area contributed by atoms with Gasteiger partial charge in [0, 0.05) is 42.5 Å². The Bertz CT molecular complexity index is 2230. The van der Waals surface area contributed by atoms with Gasteiger partial charge < -0.3 is 13.8 Å². The van der Waals surface area contributed by atoms with Crippen molar-refractivity contribution in [1.82, 2.24) is 9.97 Å². The van der Waals surface area contributed by atoms with Gasteiger partial charge in [0.2, 0.25) is 0 Å². The van der Waals surface area contributed by atoms with Crippen molar-refractivity contribution in [3.63, 3.8) is 0 Å². The fourth-order valence-electron chi connectivity index (χ4n) is 5.43. The molecule has 0 bridgehead atoms. The Kier molecular flexibility index (Phi) is 8.30. The van der Waals surface area contributed by atoms with Crippen LogP contribution in [0.2, 0.25) is 17.3 Å². The zero-order valence-corrected chi connectivity index (χ0v) is 29.4. The predicted molar refractivity (Wildman–Crippen MR) is 179 cm³/mol. The van der Waals surface area contributed by atoms with E-state index in [1.807, 2.05) is 85.2 Å². The van der Waals surface area contributed by atoms with Gasteiger partial charge in [0.1, 0.15) is 16.7 Å². The predicted octanol–water partition coefficient (Wildman–Crippen LogP) is 9.75. The second kappa shape index (κ2) is 12.2. The summed E-state index contributed by atoms with van der Waals surface area (Å²) in [6.45, 7) is 2.08. The molecule has 8 rings (SSSR count). The molecule has 6 heteroatoms. The zero-order valence-electron chi connectivity index (χ0n) is 24.9. The van der Waals surface area contributed by atoms with Gasteiger partial charge in [0.15, 0.2) is 0 Å². The van der Waals surface area contributed by atoms with Gasteiger partial charge in [-0.05, 0) is 23.9 Å². The fourth-order valence-corrected chi connectivity index (χ4v) is 7.60. The number of aromatic nitrogens is 2. The van der Waals surface area contributed by atoms with E-state index in [0.717, 1.165) is 72.0 Å². The monoisotopic (exact) mass is 813 g/mol. The van der Waals surface area contributed by atoms with Crippen LogP contribution in [0.15, 0.2) is 118 Å². The standard InChI is InChI=1S/C24H14NO2.C14H16GeN.Ir/c1-14-10-11-16(24-23(14)17-7-3-5-9-21(17)27-24)19-12-22-18(13-25-19)15-6-2-4-8-20(15)26-22;1-15(2,3)13-9-10-14(16-11-13)12-7-5-4-6-8-12;/h2-10,12-13H,1H3;4-7,9-11H,1-3H3;/q2*-1;. The van der Waals surface area contributed by atoms with Crippen LogP contribution >= 0.6 is 0 Å². The zero-order chi connectivity index (χ0) is 29.6. The van der Waals surface area contributed by atoms with E-state index in [1.54, 1.807) is 0 Å². The molecule has 0 aliphatic heterocycles. The summed E-state index contributed by atoms with van der Waals surface area (Å²) in [5.41, 5.74) is 8.25. The molecule has 8 aromatic rings. The summed E-state index contributed by atoms with van der Waals surface area (Å²) in [6, 6.07) is 38.9. The number of hydrogen-bond acceptors (Lipinski definition) is 4. The van der Waals surface area contributed by atoms with Crippen LogP contribution in [0.1, 0.15) is 5.56 Å². The van der Waals surface area contributed by atoms with E-state index in [0.29, 0.717) is 0 Å². The van der Waals surface area contributed by atoms with Crippen molar-refractivity contribution >= 4 is 61.5 Å². The summed E-state index contributed by atoms with van der Waals surface area (Å²) >= 11 is -1.72. The average molecular weight is 811 g/mol. The van der Waals surface area contributed by atoms with Gasteiger partial charge in [-0.25, -0.2) is 0 Å². The van der Waals surface area contributed by atoms with Crippen LogP contribution < -0.4 is 4.40 Å². The normalized spacial score (nSPS) is 11.5. The first-order valence-electron chi connectivity index (χ1n) is 14.4. The van der Waals surface area contributed by atoms with Crippen LogP contribution in [0.5, 0.6) is 0 Å². The minimum Gasteiger partial charge on any atom is 0 e. The number of benzene rings is 4. The number of furan rings is 2. The Balaban J connectivity index is 0.000000174. The van der Waals surface area contributed by atoms with Crippen LogP contribution in [0.4, 0.5) is 0 Å². The third kappa shape index (κ3) is 5.64. The molecule has 0 spiro atoms. The number of nitrogens with zero attached hydrogens (tertiary/aromatic N) is 2. The molecule has 1 radical (unpaired) electrons. The van der Waals surface area contributed by atoms with Gasteiger partial charge in [-0.3, -0.25) is 0 Å². The van der Waals surface area contributed by atoms with E-state index in [1.165, 1.54) is 4.40 Å². The van der Waals surface area contributed by atoms with E-state index in [4.69, 9.17) is 13.8 Å². The summed E-state index contributed by atoms with van der Waals surface area (Å²) in [6.07, 6.45) is 3.91. The summed E-state index contributed by atoms with van der Waals surface area (Å²) < 4.78 is 13.7.